The van der Waals surface area contributed by atoms with Gasteiger partial charge in [0.15, 0.2) is 0 Å². The first kappa shape index (κ1) is 27.0. The summed E-state index contributed by atoms with van der Waals surface area (Å²) in [5.74, 6) is -1.66. The van der Waals surface area contributed by atoms with E-state index in [1.54, 1.807) is 27.7 Å². The predicted octanol–water partition coefficient (Wildman–Crippen LogP) is 5.74. The molecule has 1 saturated heterocycles. The zero-order valence-electron chi connectivity index (χ0n) is 22.9. The average molecular weight is 632 g/mol. The molecule has 43 heavy (non-hydrogen) atoms. The maximum absolute atomic E-state index is 13.9. The van der Waals surface area contributed by atoms with Crippen LogP contribution in [0.1, 0.15) is 27.7 Å². The number of imide groups is 1. The van der Waals surface area contributed by atoms with E-state index in [1.165, 1.54) is 40.5 Å². The minimum Gasteiger partial charge on any atom is -0.325 e. The van der Waals surface area contributed by atoms with Gasteiger partial charge >= 0.3 is 4.87 Å². The van der Waals surface area contributed by atoms with Gasteiger partial charge in [-0.25, -0.2) is 4.39 Å². The summed E-state index contributed by atoms with van der Waals surface area (Å²) < 4.78 is 14.9. The highest BCUT2D eigenvalue weighted by Gasteiger charge is 2.70. The highest BCUT2D eigenvalue weighted by molar-refractivity contribution is 8.00. The van der Waals surface area contributed by atoms with Crippen molar-refractivity contribution in [2.75, 3.05) is 10.2 Å². The molecule has 3 fully saturated rings. The topological polar surface area (TPSA) is 88.5 Å². The number of rotatable bonds is 5. The lowest BCUT2D eigenvalue weighted by Crippen LogP contribution is -2.43. The first-order chi connectivity index (χ1) is 20.8. The monoisotopic (exact) mass is 631 g/mol. The third-order valence-electron chi connectivity index (χ3n) is 9.52. The van der Waals surface area contributed by atoms with Crippen LogP contribution in [0.25, 0.3) is 0 Å². The van der Waals surface area contributed by atoms with Crippen LogP contribution in [0.3, 0.4) is 0 Å². The lowest BCUT2D eigenvalue weighted by molar-refractivity contribution is -0.123. The molecule has 2 bridgehead atoms. The molecule has 2 aromatic carbocycles. The minimum absolute atomic E-state index is 0.00371. The summed E-state index contributed by atoms with van der Waals surface area (Å²) in [4.78, 5) is 57.5. The van der Waals surface area contributed by atoms with E-state index in [9.17, 15) is 23.6 Å². The first-order valence-electron chi connectivity index (χ1n) is 14.2. The molecule has 2 saturated carbocycles. The number of thiophene rings is 1. The molecule has 4 aliphatic rings. The number of aromatic nitrogens is 1. The third-order valence-corrected chi connectivity index (χ3v) is 13.3. The number of nitrogens with one attached hydrogen (secondary N) is 1. The molecule has 3 amide bonds. The van der Waals surface area contributed by atoms with Gasteiger partial charge in [0.25, 0.3) is 0 Å². The quantitative estimate of drug-likeness (QED) is 0.284. The Hall–Kier alpha value is -3.54. The Morgan fingerprint density at radius 1 is 0.977 bits per heavy atom. The summed E-state index contributed by atoms with van der Waals surface area (Å²) in [7, 11) is 0. The van der Waals surface area contributed by atoms with E-state index in [0.717, 1.165) is 26.8 Å². The summed E-state index contributed by atoms with van der Waals surface area (Å²) in [6.07, 6.45) is 0.809. The van der Waals surface area contributed by atoms with E-state index in [-0.39, 0.29) is 69.9 Å². The van der Waals surface area contributed by atoms with E-state index in [0.29, 0.717) is 11.4 Å². The van der Waals surface area contributed by atoms with E-state index in [1.807, 2.05) is 42.6 Å². The molecule has 2 aromatic heterocycles. The van der Waals surface area contributed by atoms with Crippen LogP contribution in [0.4, 0.5) is 15.8 Å². The zero-order valence-corrected chi connectivity index (χ0v) is 25.4. The maximum Gasteiger partial charge on any atom is 0.308 e. The lowest BCUT2D eigenvalue weighted by atomic mass is 9.69. The first-order valence-corrected chi connectivity index (χ1v) is 16.8. The molecule has 1 N–H and O–H groups in total. The smallest absolute Gasteiger partial charge is 0.308 e. The normalized spacial score (nSPS) is 28.6. The number of fused-ring (bicyclic) bond motifs is 9. The molecule has 8 rings (SSSR count). The van der Waals surface area contributed by atoms with Gasteiger partial charge in [-0.05, 0) is 78.9 Å². The van der Waals surface area contributed by atoms with Crippen molar-refractivity contribution in [2.45, 2.75) is 36.1 Å². The molecule has 2 aliphatic heterocycles. The largest absolute Gasteiger partial charge is 0.325 e. The van der Waals surface area contributed by atoms with Crippen LogP contribution in [0.2, 0.25) is 0 Å². The molecular weight excluding hydrogens is 606 g/mol. The summed E-state index contributed by atoms with van der Waals surface area (Å²) in [5, 5.41) is 5.61. The van der Waals surface area contributed by atoms with E-state index >= 15 is 0 Å². The van der Waals surface area contributed by atoms with Crippen LogP contribution in [-0.4, -0.2) is 27.5 Å². The van der Waals surface area contributed by atoms with Gasteiger partial charge in [-0.15, -0.1) is 23.1 Å². The number of carbonyl (C=O) groups excluding carboxylic acids is 3. The Morgan fingerprint density at radius 3 is 2.40 bits per heavy atom. The number of hydrogen-bond donors (Lipinski definition) is 1. The van der Waals surface area contributed by atoms with Crippen LogP contribution in [0, 0.1) is 42.3 Å². The number of carbonyl (C=O) groups is 3. The molecular formula is C32H26FN3O4S3. The fourth-order valence-electron chi connectivity index (χ4n) is 7.87. The van der Waals surface area contributed by atoms with Gasteiger partial charge in [-0.2, -0.15) is 0 Å². The van der Waals surface area contributed by atoms with Crippen molar-refractivity contribution in [1.82, 2.24) is 4.57 Å². The molecule has 4 heterocycles. The Labute approximate surface area is 258 Å². The fourth-order valence-corrected chi connectivity index (χ4v) is 12.0. The third kappa shape index (κ3) is 4.12. The number of thiazole rings is 1. The molecule has 7 nitrogen and oxygen atoms in total. The fraction of sp³-hybridized carbons (Fsp3) is 0.312. The van der Waals surface area contributed by atoms with Crippen LogP contribution in [0.15, 0.2) is 75.9 Å². The predicted molar refractivity (Wildman–Crippen MR) is 165 cm³/mol. The Morgan fingerprint density at radius 2 is 1.70 bits per heavy atom. The molecule has 7 atom stereocenters. The second kappa shape index (κ2) is 10.0. The number of anilines is 2. The van der Waals surface area contributed by atoms with Crippen molar-refractivity contribution in [3.63, 3.8) is 0 Å². The van der Waals surface area contributed by atoms with E-state index < -0.39 is 5.82 Å². The van der Waals surface area contributed by atoms with Gasteiger partial charge < -0.3 is 5.32 Å². The summed E-state index contributed by atoms with van der Waals surface area (Å²) in [6, 6.07) is 17.1. The van der Waals surface area contributed by atoms with Gasteiger partial charge in [0.2, 0.25) is 17.7 Å². The second-order valence-corrected chi connectivity index (χ2v) is 14.9. The molecule has 7 unspecified atom stereocenters. The van der Waals surface area contributed by atoms with Gasteiger partial charge in [-0.1, -0.05) is 35.1 Å². The zero-order chi connectivity index (χ0) is 29.6. The van der Waals surface area contributed by atoms with Crippen molar-refractivity contribution in [2.24, 2.45) is 29.6 Å². The highest BCUT2D eigenvalue weighted by Crippen LogP contribution is 2.69. The number of nitrogens with zero attached hydrogens (tertiary/aromatic N) is 2. The Kier molecular flexibility index (Phi) is 6.29. The lowest BCUT2D eigenvalue weighted by Gasteiger charge is -2.42. The molecule has 0 radical (unpaired) electrons. The SMILES string of the molecule is Cc1ccc(N2C(=O)C3C4CC(C3C2=O)C2C(c3cccs3)c3sc(=O)n(CC(=O)Nc5ccc(F)cc5)c3SC42)cc1. The number of benzene rings is 2. The highest BCUT2D eigenvalue weighted by atomic mass is 32.2. The molecule has 11 heteroatoms. The number of halogens is 1. The van der Waals surface area contributed by atoms with Gasteiger partial charge in [0.1, 0.15) is 12.4 Å². The van der Waals surface area contributed by atoms with Crippen LogP contribution < -0.4 is 15.1 Å². The summed E-state index contributed by atoms with van der Waals surface area (Å²) in [5.41, 5.74) is 2.14. The standard InChI is InChI=1S/C32H26FN3O4S3/c1-15-4-10-18(11-5-15)36-29(38)24-19-13-20(25(24)30(36)39)27-23(19)26(21-3-2-12-41-21)28-31(42-27)35(32(40)43-28)14-22(37)34-17-8-6-16(33)7-9-17/h2-12,19-20,23-27H,13-14H2,1H3,(H,34,37). The van der Waals surface area contributed by atoms with E-state index in [4.69, 9.17) is 0 Å². The molecule has 0 spiro atoms. The maximum atomic E-state index is 13.9. The number of thioether (sulfide) groups is 1. The van der Waals surface area contributed by atoms with Crippen LogP contribution in [-0.2, 0) is 20.9 Å². The average Bonchev–Trinajstić information content (AvgIpc) is 3.81. The van der Waals surface area contributed by atoms with Crippen molar-refractivity contribution < 1.29 is 18.8 Å². The molecule has 4 aromatic rings. The van der Waals surface area contributed by atoms with Crippen molar-refractivity contribution in [3.05, 3.63) is 96.8 Å². The molecule has 2 aliphatic carbocycles. The number of amides is 3. The van der Waals surface area contributed by atoms with Crippen molar-refractivity contribution >= 4 is 63.5 Å². The second-order valence-electron chi connectivity index (χ2n) is 11.8. The van der Waals surface area contributed by atoms with Crippen LogP contribution >= 0.6 is 34.4 Å². The van der Waals surface area contributed by atoms with Gasteiger partial charge in [0, 0.05) is 26.6 Å². The summed E-state index contributed by atoms with van der Waals surface area (Å²) >= 11 is 4.42. The van der Waals surface area contributed by atoms with E-state index in [2.05, 4.69) is 11.4 Å². The van der Waals surface area contributed by atoms with Gasteiger partial charge in [0.05, 0.1) is 22.5 Å². The Bertz CT molecular complexity index is 1830. The van der Waals surface area contributed by atoms with Crippen molar-refractivity contribution in [3.8, 4) is 0 Å². The number of aryl methyl sites for hydroxylation is 1. The van der Waals surface area contributed by atoms with Crippen molar-refractivity contribution in [1.29, 1.82) is 0 Å². The number of hydrogen-bond acceptors (Lipinski definition) is 7. The minimum atomic E-state index is -0.399. The summed E-state index contributed by atoms with van der Waals surface area (Å²) in [6.45, 7) is 1.81. The van der Waals surface area contributed by atoms with Crippen LogP contribution in [0.5, 0.6) is 0 Å². The molecule has 218 valence electrons. The Balaban J connectivity index is 1.15. The van der Waals surface area contributed by atoms with Gasteiger partial charge in [-0.3, -0.25) is 28.6 Å².